The molecule has 1 saturated heterocycles. The third-order valence-electron chi connectivity index (χ3n) is 4.03. The van der Waals surface area contributed by atoms with Gasteiger partial charge in [-0.2, -0.15) is 0 Å². The van der Waals surface area contributed by atoms with Gasteiger partial charge < -0.3 is 10.2 Å². The molecule has 26 heavy (non-hydrogen) atoms. The van der Waals surface area contributed by atoms with Gasteiger partial charge >= 0.3 is 0 Å². The van der Waals surface area contributed by atoms with Crippen molar-refractivity contribution in [1.29, 1.82) is 0 Å². The second kappa shape index (κ2) is 8.07. The lowest BCUT2D eigenvalue weighted by Gasteiger charge is -2.24. The third kappa shape index (κ3) is 4.75. The van der Waals surface area contributed by atoms with Crippen LogP contribution in [0.25, 0.3) is 0 Å². The standard InChI is InChI=1S/C16H19F3N2O4S/c1-2-6-21(16(23)10-5-7-26(24,25)9-10)8-13(22)20-12-4-3-11(17)14(18)15(12)19/h3-4,10H,2,5-9H2,1H3,(H,20,22). The molecule has 1 aromatic carbocycles. The fourth-order valence-corrected chi connectivity index (χ4v) is 4.50. The zero-order chi connectivity index (χ0) is 19.5. The molecule has 2 amide bonds. The number of nitrogens with zero attached hydrogens (tertiary/aromatic N) is 1. The van der Waals surface area contributed by atoms with Gasteiger partial charge in [0.05, 0.1) is 29.7 Å². The van der Waals surface area contributed by atoms with Gasteiger partial charge in [0.2, 0.25) is 11.8 Å². The van der Waals surface area contributed by atoms with Crippen molar-refractivity contribution in [2.45, 2.75) is 19.8 Å². The first-order chi connectivity index (χ1) is 12.1. The van der Waals surface area contributed by atoms with E-state index >= 15 is 0 Å². The van der Waals surface area contributed by atoms with E-state index in [0.29, 0.717) is 12.5 Å². The summed E-state index contributed by atoms with van der Waals surface area (Å²) in [4.78, 5) is 25.8. The van der Waals surface area contributed by atoms with Crippen LogP contribution in [0.15, 0.2) is 12.1 Å². The minimum absolute atomic E-state index is 0.0738. The molecule has 0 saturated carbocycles. The Hall–Kier alpha value is -2.10. The molecular weight excluding hydrogens is 373 g/mol. The lowest BCUT2D eigenvalue weighted by Crippen LogP contribution is -2.42. The van der Waals surface area contributed by atoms with Crippen LogP contribution in [0.3, 0.4) is 0 Å². The van der Waals surface area contributed by atoms with E-state index in [1.54, 1.807) is 6.92 Å². The number of nitrogens with one attached hydrogen (secondary N) is 1. The number of hydrogen-bond donors (Lipinski definition) is 1. The summed E-state index contributed by atoms with van der Waals surface area (Å²) >= 11 is 0. The van der Waals surface area contributed by atoms with E-state index in [4.69, 9.17) is 0 Å². The van der Waals surface area contributed by atoms with Crippen LogP contribution in [-0.4, -0.2) is 49.7 Å². The van der Waals surface area contributed by atoms with Crippen molar-refractivity contribution in [2.75, 3.05) is 29.9 Å². The van der Waals surface area contributed by atoms with Gasteiger partial charge in [-0.3, -0.25) is 9.59 Å². The first-order valence-electron chi connectivity index (χ1n) is 8.07. The average molecular weight is 392 g/mol. The molecule has 0 aliphatic carbocycles. The van der Waals surface area contributed by atoms with E-state index in [1.165, 1.54) is 4.90 Å². The molecule has 1 unspecified atom stereocenters. The highest BCUT2D eigenvalue weighted by atomic mass is 32.2. The van der Waals surface area contributed by atoms with Gasteiger partial charge in [0, 0.05) is 6.54 Å². The van der Waals surface area contributed by atoms with Crippen molar-refractivity contribution < 1.29 is 31.2 Å². The van der Waals surface area contributed by atoms with Gasteiger partial charge in [0.1, 0.15) is 0 Å². The van der Waals surface area contributed by atoms with Crippen LogP contribution in [0, 0.1) is 23.4 Å². The van der Waals surface area contributed by atoms with Crippen molar-refractivity contribution in [3.05, 3.63) is 29.6 Å². The fourth-order valence-electron chi connectivity index (χ4n) is 2.77. The zero-order valence-electron chi connectivity index (χ0n) is 14.1. The molecule has 0 radical (unpaired) electrons. The van der Waals surface area contributed by atoms with Crippen LogP contribution in [0.2, 0.25) is 0 Å². The Bertz CT molecular complexity index is 814. The first-order valence-corrected chi connectivity index (χ1v) is 9.89. The topological polar surface area (TPSA) is 83.6 Å². The Labute approximate surface area is 149 Å². The van der Waals surface area contributed by atoms with Crippen LogP contribution in [0.5, 0.6) is 0 Å². The largest absolute Gasteiger partial charge is 0.333 e. The van der Waals surface area contributed by atoms with E-state index in [2.05, 4.69) is 5.32 Å². The van der Waals surface area contributed by atoms with Gasteiger partial charge in [-0.15, -0.1) is 0 Å². The highest BCUT2D eigenvalue weighted by molar-refractivity contribution is 7.91. The predicted molar refractivity (Wildman–Crippen MR) is 88.6 cm³/mol. The van der Waals surface area contributed by atoms with E-state index in [-0.39, 0.29) is 24.5 Å². The molecule has 1 fully saturated rings. The number of halogens is 3. The predicted octanol–water partition coefficient (Wildman–Crippen LogP) is 1.72. The number of carbonyl (C=O) groups is 2. The number of sulfone groups is 1. The van der Waals surface area contributed by atoms with Gasteiger partial charge in [-0.25, -0.2) is 21.6 Å². The molecule has 1 N–H and O–H groups in total. The lowest BCUT2D eigenvalue weighted by molar-refractivity contribution is -0.137. The average Bonchev–Trinajstić information content (AvgIpc) is 2.94. The fraction of sp³-hybridized carbons (Fsp3) is 0.500. The maximum atomic E-state index is 13.6. The van der Waals surface area contributed by atoms with Crippen LogP contribution >= 0.6 is 0 Å². The van der Waals surface area contributed by atoms with E-state index in [1.807, 2.05) is 0 Å². The second-order valence-electron chi connectivity index (χ2n) is 6.13. The molecule has 0 spiro atoms. The molecule has 1 aliphatic rings. The zero-order valence-corrected chi connectivity index (χ0v) is 14.9. The van der Waals surface area contributed by atoms with Crippen LogP contribution in [0.1, 0.15) is 19.8 Å². The molecule has 144 valence electrons. The summed E-state index contributed by atoms with van der Waals surface area (Å²) in [6.45, 7) is 1.54. The Kier molecular flexibility index (Phi) is 6.27. The van der Waals surface area contributed by atoms with Crippen LogP contribution in [-0.2, 0) is 19.4 Å². The number of amides is 2. The number of carbonyl (C=O) groups excluding carboxylic acids is 2. The summed E-state index contributed by atoms with van der Waals surface area (Å²) in [6.07, 6.45) is 0.721. The monoisotopic (exact) mass is 392 g/mol. The Morgan fingerprint density at radius 2 is 1.92 bits per heavy atom. The summed E-state index contributed by atoms with van der Waals surface area (Å²) < 4.78 is 62.8. The van der Waals surface area contributed by atoms with Gasteiger partial charge in [-0.1, -0.05) is 6.92 Å². The molecule has 0 aromatic heterocycles. The minimum atomic E-state index is -3.26. The smallest absolute Gasteiger partial charge is 0.244 e. The first kappa shape index (κ1) is 20.2. The van der Waals surface area contributed by atoms with Crippen molar-refractivity contribution >= 4 is 27.3 Å². The lowest BCUT2D eigenvalue weighted by atomic mass is 10.1. The molecule has 0 bridgehead atoms. The molecule has 2 rings (SSSR count). The summed E-state index contributed by atoms with van der Waals surface area (Å²) in [7, 11) is -3.26. The van der Waals surface area contributed by atoms with Gasteiger partial charge in [-0.05, 0) is 25.0 Å². The highest BCUT2D eigenvalue weighted by Crippen LogP contribution is 2.22. The molecule has 6 nitrogen and oxygen atoms in total. The summed E-state index contributed by atoms with van der Waals surface area (Å²) in [5.74, 6) is -6.92. The van der Waals surface area contributed by atoms with Gasteiger partial charge in [0.25, 0.3) is 0 Å². The van der Waals surface area contributed by atoms with E-state index < -0.39 is 57.3 Å². The quantitative estimate of drug-likeness (QED) is 0.748. The van der Waals surface area contributed by atoms with Crippen LogP contribution in [0.4, 0.5) is 18.9 Å². The Morgan fingerprint density at radius 3 is 2.50 bits per heavy atom. The van der Waals surface area contributed by atoms with Crippen LogP contribution < -0.4 is 5.32 Å². The summed E-state index contributed by atoms with van der Waals surface area (Å²) in [6, 6.07) is 1.55. The third-order valence-corrected chi connectivity index (χ3v) is 5.80. The molecule has 10 heteroatoms. The normalized spacial score (nSPS) is 18.5. The van der Waals surface area contributed by atoms with Crippen molar-refractivity contribution in [3.8, 4) is 0 Å². The summed E-state index contributed by atoms with van der Waals surface area (Å²) in [5.41, 5.74) is -0.541. The SMILES string of the molecule is CCCN(CC(=O)Nc1ccc(F)c(F)c1F)C(=O)C1CCS(=O)(=O)C1. The summed E-state index contributed by atoms with van der Waals surface area (Å²) in [5, 5.41) is 2.10. The van der Waals surface area contributed by atoms with Crippen molar-refractivity contribution in [2.24, 2.45) is 5.92 Å². The minimum Gasteiger partial charge on any atom is -0.333 e. The maximum absolute atomic E-state index is 13.6. The highest BCUT2D eigenvalue weighted by Gasteiger charge is 2.35. The molecule has 1 aromatic rings. The number of benzene rings is 1. The van der Waals surface area contributed by atoms with E-state index in [0.717, 1.165) is 6.07 Å². The molecule has 1 aliphatic heterocycles. The number of rotatable bonds is 6. The number of anilines is 1. The number of hydrogen-bond acceptors (Lipinski definition) is 4. The Balaban J connectivity index is 2.06. The van der Waals surface area contributed by atoms with Crippen molar-refractivity contribution in [3.63, 3.8) is 0 Å². The second-order valence-corrected chi connectivity index (χ2v) is 8.36. The molecule has 1 heterocycles. The Morgan fingerprint density at radius 1 is 1.23 bits per heavy atom. The molecule has 1 atom stereocenters. The molecular formula is C16H19F3N2O4S. The van der Waals surface area contributed by atoms with Gasteiger partial charge in [0.15, 0.2) is 27.3 Å². The maximum Gasteiger partial charge on any atom is 0.244 e. The van der Waals surface area contributed by atoms with Crippen molar-refractivity contribution in [1.82, 2.24) is 4.90 Å². The van der Waals surface area contributed by atoms with E-state index in [9.17, 15) is 31.2 Å².